The number of nitrogens with one attached hydrogen (secondary N) is 1. The number of amides is 1. The van der Waals surface area contributed by atoms with Crippen molar-refractivity contribution < 1.29 is 23.3 Å². The Bertz CT molecular complexity index is 1170. The van der Waals surface area contributed by atoms with Crippen molar-refractivity contribution in [3.05, 3.63) is 52.1 Å². The first-order chi connectivity index (χ1) is 16.4. The van der Waals surface area contributed by atoms with Crippen LogP contribution in [0.5, 0.6) is 5.75 Å². The molecule has 1 aliphatic heterocycles. The summed E-state index contributed by atoms with van der Waals surface area (Å²) >= 11 is 3.43. The zero-order valence-electron chi connectivity index (χ0n) is 19.0. The van der Waals surface area contributed by atoms with Gasteiger partial charge in [-0.1, -0.05) is 5.16 Å². The van der Waals surface area contributed by atoms with Gasteiger partial charge in [-0.25, -0.2) is 0 Å². The van der Waals surface area contributed by atoms with Crippen LogP contribution in [0.1, 0.15) is 49.1 Å². The SMILES string of the molecule is CSCCC(NC(=O)CC1(c2oc(C)cc(=O)c2O)CCSCC1)c1nc(-c2ccco2)no1. The zero-order chi connectivity index (χ0) is 24.1. The van der Waals surface area contributed by atoms with Crippen molar-refractivity contribution in [1.82, 2.24) is 15.5 Å². The molecule has 1 aliphatic rings. The molecule has 9 nitrogen and oxygen atoms in total. The molecule has 0 saturated carbocycles. The van der Waals surface area contributed by atoms with Crippen LogP contribution in [0.2, 0.25) is 0 Å². The first-order valence-electron chi connectivity index (χ1n) is 11.0. The van der Waals surface area contributed by atoms with Crippen LogP contribution in [0.25, 0.3) is 11.6 Å². The Morgan fingerprint density at radius 3 is 2.88 bits per heavy atom. The maximum atomic E-state index is 13.3. The Kier molecular flexibility index (Phi) is 7.72. The molecule has 34 heavy (non-hydrogen) atoms. The molecule has 1 fully saturated rings. The second-order valence-corrected chi connectivity index (χ2v) is 10.5. The van der Waals surface area contributed by atoms with E-state index in [1.807, 2.05) is 6.26 Å². The average molecular weight is 506 g/mol. The Balaban J connectivity index is 1.57. The monoisotopic (exact) mass is 505 g/mol. The van der Waals surface area contributed by atoms with Gasteiger partial charge in [-0.2, -0.15) is 28.5 Å². The number of thioether (sulfide) groups is 2. The number of hydrogen-bond donors (Lipinski definition) is 2. The van der Waals surface area contributed by atoms with Crippen molar-refractivity contribution >= 4 is 29.4 Å². The third-order valence-corrected chi connectivity index (χ3v) is 7.53. The van der Waals surface area contributed by atoms with Gasteiger partial charge in [0, 0.05) is 17.9 Å². The number of aromatic hydroxyl groups is 1. The molecule has 0 aliphatic carbocycles. The van der Waals surface area contributed by atoms with Gasteiger partial charge in [0.15, 0.2) is 11.5 Å². The molecule has 1 amide bonds. The molecule has 0 spiro atoms. The Labute approximate surface area is 205 Å². The van der Waals surface area contributed by atoms with Gasteiger partial charge in [0.25, 0.3) is 0 Å². The predicted octanol–water partition coefficient (Wildman–Crippen LogP) is 4.06. The Morgan fingerprint density at radius 1 is 1.38 bits per heavy atom. The first kappa shape index (κ1) is 24.5. The molecule has 182 valence electrons. The maximum Gasteiger partial charge on any atom is 0.249 e. The number of nitrogens with zero attached hydrogens (tertiary/aromatic N) is 2. The average Bonchev–Trinajstić information content (AvgIpc) is 3.51. The van der Waals surface area contributed by atoms with E-state index in [0.717, 1.165) is 17.3 Å². The molecule has 4 rings (SSSR count). The molecule has 2 N–H and O–H groups in total. The van der Waals surface area contributed by atoms with Gasteiger partial charge in [0.1, 0.15) is 11.8 Å². The molecular weight excluding hydrogens is 478 g/mol. The molecule has 1 unspecified atom stereocenters. The number of rotatable bonds is 9. The van der Waals surface area contributed by atoms with Gasteiger partial charge in [0.2, 0.25) is 28.8 Å². The highest BCUT2D eigenvalue weighted by atomic mass is 32.2. The van der Waals surface area contributed by atoms with E-state index in [0.29, 0.717) is 42.5 Å². The highest BCUT2D eigenvalue weighted by Gasteiger charge is 2.42. The highest BCUT2D eigenvalue weighted by Crippen LogP contribution is 2.44. The van der Waals surface area contributed by atoms with Gasteiger partial charge >= 0.3 is 0 Å². The summed E-state index contributed by atoms with van der Waals surface area (Å²) in [5, 5.41) is 17.5. The lowest BCUT2D eigenvalue weighted by molar-refractivity contribution is -0.123. The number of hydrogen-bond acceptors (Lipinski definition) is 10. The topological polar surface area (TPSA) is 132 Å². The van der Waals surface area contributed by atoms with Gasteiger partial charge in [-0.05, 0) is 61.8 Å². The van der Waals surface area contributed by atoms with Crippen LogP contribution in [0.4, 0.5) is 0 Å². The standard InChI is InChI=1S/C23H27N3O6S2/c1-14-12-16(27)19(29)20(31-14)23(6-10-34-11-7-23)13-18(28)24-15(5-9-33-2)22-25-21(26-32-22)17-4-3-8-30-17/h3-4,8,12,15,29H,5-7,9-11,13H2,1-2H3,(H,24,28). The molecule has 0 radical (unpaired) electrons. The molecule has 0 aromatic carbocycles. The third kappa shape index (κ3) is 5.35. The number of carbonyl (C=O) groups is 1. The zero-order valence-corrected chi connectivity index (χ0v) is 20.7. The fourth-order valence-corrected chi connectivity index (χ4v) is 5.88. The Morgan fingerprint density at radius 2 is 2.18 bits per heavy atom. The van der Waals surface area contributed by atoms with Gasteiger partial charge in [-0.15, -0.1) is 0 Å². The number of aryl methyl sites for hydroxylation is 1. The van der Waals surface area contributed by atoms with Crippen molar-refractivity contribution in [3.63, 3.8) is 0 Å². The Hall–Kier alpha value is -2.66. The van der Waals surface area contributed by atoms with Crippen LogP contribution in [0.15, 0.2) is 42.6 Å². The van der Waals surface area contributed by atoms with E-state index in [1.165, 1.54) is 12.3 Å². The van der Waals surface area contributed by atoms with E-state index in [-0.39, 0.29) is 18.1 Å². The quantitative estimate of drug-likeness (QED) is 0.439. The molecule has 1 saturated heterocycles. The van der Waals surface area contributed by atoms with Crippen LogP contribution >= 0.6 is 23.5 Å². The van der Waals surface area contributed by atoms with Gasteiger partial charge < -0.3 is 23.8 Å². The fraction of sp³-hybridized carbons (Fsp3) is 0.478. The van der Waals surface area contributed by atoms with Crippen LogP contribution < -0.4 is 10.7 Å². The summed E-state index contributed by atoms with van der Waals surface area (Å²) in [4.78, 5) is 30.0. The van der Waals surface area contributed by atoms with Crippen LogP contribution in [0.3, 0.4) is 0 Å². The summed E-state index contributed by atoms with van der Waals surface area (Å²) in [6.45, 7) is 1.67. The largest absolute Gasteiger partial charge is 0.502 e. The molecular formula is C23H27N3O6S2. The van der Waals surface area contributed by atoms with Gasteiger partial charge in [-0.3, -0.25) is 9.59 Å². The lowest BCUT2D eigenvalue weighted by Crippen LogP contribution is -2.39. The summed E-state index contributed by atoms with van der Waals surface area (Å²) in [5.41, 5.74) is -1.26. The van der Waals surface area contributed by atoms with E-state index in [1.54, 1.807) is 42.6 Å². The maximum absolute atomic E-state index is 13.3. The second-order valence-electron chi connectivity index (χ2n) is 8.30. The van der Waals surface area contributed by atoms with E-state index in [4.69, 9.17) is 13.4 Å². The summed E-state index contributed by atoms with van der Waals surface area (Å²) in [6, 6.07) is 4.25. The van der Waals surface area contributed by atoms with Crippen LogP contribution in [0, 0.1) is 6.92 Å². The van der Waals surface area contributed by atoms with Crippen LogP contribution in [-0.4, -0.2) is 44.7 Å². The van der Waals surface area contributed by atoms with E-state index < -0.39 is 22.6 Å². The summed E-state index contributed by atoms with van der Waals surface area (Å²) < 4.78 is 16.6. The van der Waals surface area contributed by atoms with Gasteiger partial charge in [0.05, 0.1) is 6.26 Å². The molecule has 11 heteroatoms. The first-order valence-corrected chi connectivity index (χ1v) is 13.5. The summed E-state index contributed by atoms with van der Waals surface area (Å²) in [7, 11) is 0. The second kappa shape index (κ2) is 10.7. The normalized spacial score (nSPS) is 16.3. The van der Waals surface area contributed by atoms with Crippen molar-refractivity contribution in [2.45, 2.75) is 44.1 Å². The van der Waals surface area contributed by atoms with E-state index >= 15 is 0 Å². The fourth-order valence-electron chi connectivity index (χ4n) is 4.14. The smallest absolute Gasteiger partial charge is 0.249 e. The van der Waals surface area contributed by atoms with Crippen LogP contribution in [-0.2, 0) is 10.2 Å². The van der Waals surface area contributed by atoms with E-state index in [9.17, 15) is 14.7 Å². The van der Waals surface area contributed by atoms with Crippen molar-refractivity contribution in [2.24, 2.45) is 0 Å². The molecule has 0 bridgehead atoms. The molecule has 4 heterocycles. The lowest BCUT2D eigenvalue weighted by atomic mass is 9.75. The third-order valence-electron chi connectivity index (χ3n) is 5.90. The van der Waals surface area contributed by atoms with E-state index in [2.05, 4.69) is 15.5 Å². The highest BCUT2D eigenvalue weighted by molar-refractivity contribution is 7.99. The molecule has 1 atom stereocenters. The minimum absolute atomic E-state index is 0.0719. The molecule has 3 aromatic heterocycles. The lowest BCUT2D eigenvalue weighted by Gasteiger charge is -2.36. The number of furan rings is 1. The minimum atomic E-state index is -0.761. The minimum Gasteiger partial charge on any atom is -0.502 e. The van der Waals surface area contributed by atoms with Crippen molar-refractivity contribution in [2.75, 3.05) is 23.5 Å². The molecule has 3 aromatic rings. The number of aromatic nitrogens is 2. The summed E-state index contributed by atoms with van der Waals surface area (Å²) in [6.07, 6.45) is 5.41. The van der Waals surface area contributed by atoms with Crippen molar-refractivity contribution in [1.29, 1.82) is 0 Å². The van der Waals surface area contributed by atoms with Crippen molar-refractivity contribution in [3.8, 4) is 17.3 Å². The predicted molar refractivity (Wildman–Crippen MR) is 130 cm³/mol. The number of carbonyl (C=O) groups excluding carboxylic acids is 1. The summed E-state index contributed by atoms with van der Waals surface area (Å²) in [5.74, 6) is 3.43.